The van der Waals surface area contributed by atoms with Gasteiger partial charge in [-0.15, -0.1) is 0 Å². The molecule has 1 saturated carbocycles. The maximum Gasteiger partial charge on any atom is 0.222 e. The standard InChI is InChI=1S/C31H62N4O6/c1-5-6-7-8-9-10-11-12-13-14-15-16-17-18-24(36)35(3)26-28(38)29(25(34)27(37)30(26)39-4)41-31-22(33)19-20-23(40-31)21(2)32/h21-23,25-31,37-38H,5-20,32-34H2,1-4H3/t21-,22+,23-,25-,26-,27+,28+,29+,30+,31+/m0/s1. The summed E-state index contributed by atoms with van der Waals surface area (Å²) in [5.74, 6) is -0.108. The summed E-state index contributed by atoms with van der Waals surface area (Å²) in [7, 11) is 3.08. The first-order valence-electron chi connectivity index (χ1n) is 16.4. The van der Waals surface area contributed by atoms with Gasteiger partial charge in [-0.05, 0) is 26.2 Å². The minimum atomic E-state index is -1.20. The van der Waals surface area contributed by atoms with Crippen LogP contribution in [0.1, 0.15) is 117 Å². The van der Waals surface area contributed by atoms with E-state index < -0.39 is 48.8 Å². The van der Waals surface area contributed by atoms with E-state index >= 15 is 0 Å². The molecule has 1 saturated heterocycles. The predicted octanol–water partition coefficient (Wildman–Crippen LogP) is 2.94. The molecule has 0 aromatic heterocycles. The van der Waals surface area contributed by atoms with Gasteiger partial charge in [-0.25, -0.2) is 0 Å². The molecule has 242 valence electrons. The van der Waals surface area contributed by atoms with E-state index in [0.29, 0.717) is 19.3 Å². The van der Waals surface area contributed by atoms with E-state index in [2.05, 4.69) is 6.92 Å². The average Bonchev–Trinajstić information content (AvgIpc) is 2.95. The van der Waals surface area contributed by atoms with Crippen molar-refractivity contribution in [1.29, 1.82) is 0 Å². The zero-order valence-electron chi connectivity index (χ0n) is 26.3. The van der Waals surface area contributed by atoms with Crippen molar-refractivity contribution in [2.24, 2.45) is 17.2 Å². The summed E-state index contributed by atoms with van der Waals surface area (Å²) in [6.07, 6.45) is 12.5. The van der Waals surface area contributed by atoms with Gasteiger partial charge in [0, 0.05) is 26.6 Å². The third-order valence-corrected chi connectivity index (χ3v) is 9.06. The molecule has 1 aliphatic carbocycles. The van der Waals surface area contributed by atoms with E-state index in [1.54, 1.807) is 7.05 Å². The number of rotatable bonds is 19. The summed E-state index contributed by atoms with van der Waals surface area (Å²) < 4.78 is 17.7. The summed E-state index contributed by atoms with van der Waals surface area (Å²) in [5, 5.41) is 22.4. The Morgan fingerprint density at radius 2 is 1.44 bits per heavy atom. The van der Waals surface area contributed by atoms with Gasteiger partial charge in [0.2, 0.25) is 5.91 Å². The average molecular weight is 587 g/mol. The van der Waals surface area contributed by atoms with Gasteiger partial charge < -0.3 is 46.5 Å². The first-order chi connectivity index (χ1) is 19.6. The van der Waals surface area contributed by atoms with Crippen LogP contribution in [-0.4, -0.2) is 96.2 Å². The van der Waals surface area contributed by atoms with Gasteiger partial charge in [-0.3, -0.25) is 4.79 Å². The maximum absolute atomic E-state index is 13.2. The van der Waals surface area contributed by atoms with Gasteiger partial charge >= 0.3 is 0 Å². The number of nitrogens with zero attached hydrogens (tertiary/aromatic N) is 1. The highest BCUT2D eigenvalue weighted by atomic mass is 16.7. The fraction of sp³-hybridized carbons (Fsp3) is 0.968. The molecular weight excluding hydrogens is 524 g/mol. The number of aliphatic hydroxyl groups is 2. The Morgan fingerprint density at radius 1 is 0.902 bits per heavy atom. The van der Waals surface area contributed by atoms with Crippen LogP contribution < -0.4 is 17.2 Å². The van der Waals surface area contributed by atoms with Gasteiger partial charge in [0.15, 0.2) is 6.29 Å². The molecule has 0 aromatic carbocycles. The molecule has 10 atom stereocenters. The second-order valence-corrected chi connectivity index (χ2v) is 12.5. The number of unbranched alkanes of at least 4 members (excludes halogenated alkanes) is 12. The zero-order valence-corrected chi connectivity index (χ0v) is 26.3. The molecule has 0 aromatic rings. The second-order valence-electron chi connectivity index (χ2n) is 12.5. The number of hydrogen-bond donors (Lipinski definition) is 5. The van der Waals surface area contributed by atoms with Crippen molar-refractivity contribution in [3.05, 3.63) is 0 Å². The van der Waals surface area contributed by atoms with Gasteiger partial charge in [0.1, 0.15) is 18.3 Å². The molecule has 41 heavy (non-hydrogen) atoms. The van der Waals surface area contributed by atoms with Crippen molar-refractivity contribution < 1.29 is 29.2 Å². The first kappa shape index (κ1) is 36.3. The lowest BCUT2D eigenvalue weighted by Crippen LogP contribution is -2.72. The SMILES string of the molecule is CCCCCCCCCCCCCCCC(=O)N(C)[C@H]1[C@@H](O)[C@H](O[C@H]2O[C@H]([C@H](C)N)CC[C@H]2N)[C@@H](N)[C@@H](O)[C@@H]1OC. The van der Waals surface area contributed by atoms with Gasteiger partial charge in [0.25, 0.3) is 0 Å². The number of nitrogens with two attached hydrogens (primary N) is 3. The number of aliphatic hydroxyl groups excluding tert-OH is 2. The molecule has 10 heteroatoms. The molecule has 2 rings (SSSR count). The minimum Gasteiger partial charge on any atom is -0.389 e. The molecule has 2 aliphatic rings. The van der Waals surface area contributed by atoms with Crippen LogP contribution in [-0.2, 0) is 19.0 Å². The number of hydrogen-bond acceptors (Lipinski definition) is 9. The number of carbonyl (C=O) groups excluding carboxylic acids is 1. The number of carbonyl (C=O) groups is 1. The molecule has 0 radical (unpaired) electrons. The Hall–Kier alpha value is -0.850. The van der Waals surface area contributed by atoms with Crippen molar-refractivity contribution in [2.45, 2.75) is 178 Å². The highest BCUT2D eigenvalue weighted by Gasteiger charge is 2.53. The lowest BCUT2D eigenvalue weighted by molar-refractivity contribution is -0.267. The van der Waals surface area contributed by atoms with Crippen LogP contribution in [0.25, 0.3) is 0 Å². The molecule has 0 unspecified atom stereocenters. The molecule has 1 aliphatic heterocycles. The Balaban J connectivity index is 1.81. The monoisotopic (exact) mass is 586 g/mol. The Kier molecular flexibility index (Phi) is 17.2. The van der Waals surface area contributed by atoms with E-state index in [4.69, 9.17) is 31.4 Å². The lowest BCUT2D eigenvalue weighted by atomic mass is 9.80. The van der Waals surface area contributed by atoms with Crippen LogP contribution >= 0.6 is 0 Å². The van der Waals surface area contributed by atoms with E-state index in [0.717, 1.165) is 19.3 Å². The molecular formula is C31H62N4O6. The Bertz CT molecular complexity index is 716. The minimum absolute atomic E-state index is 0.108. The van der Waals surface area contributed by atoms with E-state index in [9.17, 15) is 15.0 Å². The van der Waals surface area contributed by atoms with Crippen LogP contribution in [0.5, 0.6) is 0 Å². The molecule has 1 heterocycles. The molecule has 0 spiro atoms. The lowest BCUT2D eigenvalue weighted by Gasteiger charge is -2.50. The third-order valence-electron chi connectivity index (χ3n) is 9.06. The van der Waals surface area contributed by atoms with E-state index in [1.165, 1.54) is 76.2 Å². The number of amides is 1. The number of likely N-dealkylation sites (N-methyl/N-ethyl adjacent to an activating group) is 1. The van der Waals surface area contributed by atoms with Crippen molar-refractivity contribution in [3.8, 4) is 0 Å². The topological polar surface area (TPSA) is 167 Å². The molecule has 1 amide bonds. The fourth-order valence-corrected chi connectivity index (χ4v) is 6.28. The highest BCUT2D eigenvalue weighted by Crippen LogP contribution is 2.31. The quantitative estimate of drug-likeness (QED) is 0.143. The van der Waals surface area contributed by atoms with Crippen molar-refractivity contribution in [3.63, 3.8) is 0 Å². The molecule has 0 bridgehead atoms. The third kappa shape index (κ3) is 11.3. The summed E-state index contributed by atoms with van der Waals surface area (Å²) in [6.45, 7) is 4.11. The summed E-state index contributed by atoms with van der Waals surface area (Å²) in [4.78, 5) is 14.6. The molecule has 2 fully saturated rings. The zero-order chi connectivity index (χ0) is 30.4. The Morgan fingerprint density at radius 3 is 1.95 bits per heavy atom. The maximum atomic E-state index is 13.2. The van der Waals surface area contributed by atoms with Gasteiger partial charge in [-0.1, -0.05) is 84.0 Å². The molecule has 8 N–H and O–H groups in total. The van der Waals surface area contributed by atoms with Crippen molar-refractivity contribution in [2.75, 3.05) is 14.2 Å². The summed E-state index contributed by atoms with van der Waals surface area (Å²) >= 11 is 0. The summed E-state index contributed by atoms with van der Waals surface area (Å²) in [5.41, 5.74) is 18.6. The van der Waals surface area contributed by atoms with Crippen molar-refractivity contribution >= 4 is 5.91 Å². The van der Waals surface area contributed by atoms with E-state index in [-0.39, 0.29) is 18.1 Å². The van der Waals surface area contributed by atoms with Crippen LogP contribution in [0.15, 0.2) is 0 Å². The smallest absolute Gasteiger partial charge is 0.222 e. The summed E-state index contributed by atoms with van der Waals surface area (Å²) in [6, 6.07) is -2.42. The number of methoxy groups -OCH3 is 1. The molecule has 10 nitrogen and oxygen atoms in total. The van der Waals surface area contributed by atoms with Crippen LogP contribution in [0.4, 0.5) is 0 Å². The first-order valence-corrected chi connectivity index (χ1v) is 16.4. The van der Waals surface area contributed by atoms with Crippen LogP contribution in [0.3, 0.4) is 0 Å². The predicted molar refractivity (Wildman–Crippen MR) is 162 cm³/mol. The largest absolute Gasteiger partial charge is 0.389 e. The van der Waals surface area contributed by atoms with E-state index in [1.807, 2.05) is 6.92 Å². The van der Waals surface area contributed by atoms with Crippen molar-refractivity contribution in [1.82, 2.24) is 4.90 Å². The Labute approximate surface area is 249 Å². The van der Waals surface area contributed by atoms with Gasteiger partial charge in [-0.2, -0.15) is 0 Å². The fourth-order valence-electron chi connectivity index (χ4n) is 6.28. The van der Waals surface area contributed by atoms with Gasteiger partial charge in [0.05, 0.1) is 30.3 Å². The second kappa shape index (κ2) is 19.4. The van der Waals surface area contributed by atoms with Crippen LogP contribution in [0, 0.1) is 0 Å². The highest BCUT2D eigenvalue weighted by molar-refractivity contribution is 5.76. The van der Waals surface area contributed by atoms with Crippen LogP contribution in [0.2, 0.25) is 0 Å². The number of ether oxygens (including phenoxy) is 3. The normalized spacial score (nSPS) is 33.0.